The molecule has 1 fully saturated rings. The van der Waals surface area contributed by atoms with E-state index in [1.165, 1.54) is 31.3 Å². The fraction of sp³-hybridized carbons (Fsp3) is 0.643. The van der Waals surface area contributed by atoms with E-state index in [1.54, 1.807) is 0 Å². The first kappa shape index (κ1) is 14.5. The van der Waals surface area contributed by atoms with Gasteiger partial charge < -0.3 is 9.84 Å². The summed E-state index contributed by atoms with van der Waals surface area (Å²) in [6.45, 7) is 3.21. The summed E-state index contributed by atoms with van der Waals surface area (Å²) in [5.41, 5.74) is 0. The molecule has 0 aromatic carbocycles. The molecule has 1 aliphatic heterocycles. The van der Waals surface area contributed by atoms with E-state index < -0.39 is 0 Å². The molecular formula is C14H21NO3S. The molecule has 0 unspecified atom stereocenters. The normalized spacial score (nSPS) is 24.4. The second kappa shape index (κ2) is 6.50. The molecule has 1 aromatic rings. The Labute approximate surface area is 118 Å². The van der Waals surface area contributed by atoms with Crippen LogP contribution in [0.5, 0.6) is 0 Å². The number of rotatable bonds is 4. The SMILES string of the molecule is COC(=O)c1ccc(CN2[C@H](CO)CCC[C@H]2C)s1. The largest absolute Gasteiger partial charge is 0.465 e. The van der Waals surface area contributed by atoms with E-state index >= 15 is 0 Å². The highest BCUT2D eigenvalue weighted by molar-refractivity contribution is 7.13. The van der Waals surface area contributed by atoms with Crippen molar-refractivity contribution in [3.8, 4) is 0 Å². The van der Waals surface area contributed by atoms with E-state index in [2.05, 4.69) is 11.8 Å². The fourth-order valence-electron chi connectivity index (χ4n) is 2.67. The predicted molar refractivity (Wildman–Crippen MR) is 75.4 cm³/mol. The van der Waals surface area contributed by atoms with Crippen LogP contribution in [0.15, 0.2) is 12.1 Å². The number of hydrogen-bond acceptors (Lipinski definition) is 5. The van der Waals surface area contributed by atoms with E-state index in [0.717, 1.165) is 17.8 Å². The number of thiophene rings is 1. The third kappa shape index (κ3) is 3.35. The van der Waals surface area contributed by atoms with Crippen LogP contribution >= 0.6 is 11.3 Å². The summed E-state index contributed by atoms with van der Waals surface area (Å²) in [6, 6.07) is 4.52. The van der Waals surface area contributed by atoms with Crippen LogP contribution < -0.4 is 0 Å². The first-order chi connectivity index (χ1) is 9.15. The molecule has 5 heteroatoms. The highest BCUT2D eigenvalue weighted by atomic mass is 32.1. The quantitative estimate of drug-likeness (QED) is 0.861. The van der Waals surface area contributed by atoms with Crippen molar-refractivity contribution in [2.75, 3.05) is 13.7 Å². The van der Waals surface area contributed by atoms with Gasteiger partial charge in [0.2, 0.25) is 0 Å². The number of nitrogens with zero attached hydrogens (tertiary/aromatic N) is 1. The summed E-state index contributed by atoms with van der Waals surface area (Å²) >= 11 is 1.48. The maximum absolute atomic E-state index is 11.4. The van der Waals surface area contributed by atoms with Gasteiger partial charge in [0.1, 0.15) is 4.88 Å². The molecule has 1 aromatic heterocycles. The van der Waals surface area contributed by atoms with Crippen LogP contribution in [0, 0.1) is 0 Å². The molecule has 2 rings (SSSR count). The van der Waals surface area contributed by atoms with Gasteiger partial charge in [0.05, 0.1) is 13.7 Å². The lowest BCUT2D eigenvalue weighted by Crippen LogP contribution is -2.46. The van der Waals surface area contributed by atoms with Gasteiger partial charge in [0, 0.05) is 23.5 Å². The summed E-state index contributed by atoms with van der Waals surface area (Å²) < 4.78 is 4.72. The van der Waals surface area contributed by atoms with E-state index in [4.69, 9.17) is 4.74 Å². The number of aliphatic hydroxyl groups excluding tert-OH is 1. The minimum Gasteiger partial charge on any atom is -0.465 e. The summed E-state index contributed by atoms with van der Waals surface area (Å²) in [5, 5.41) is 9.48. The molecule has 19 heavy (non-hydrogen) atoms. The van der Waals surface area contributed by atoms with Gasteiger partial charge in [-0.25, -0.2) is 4.79 Å². The van der Waals surface area contributed by atoms with Crippen molar-refractivity contribution in [3.05, 3.63) is 21.9 Å². The minimum absolute atomic E-state index is 0.208. The molecule has 1 aliphatic rings. The maximum Gasteiger partial charge on any atom is 0.348 e. The molecular weight excluding hydrogens is 262 g/mol. The smallest absolute Gasteiger partial charge is 0.348 e. The zero-order valence-corrected chi connectivity index (χ0v) is 12.3. The number of ether oxygens (including phenoxy) is 1. The maximum atomic E-state index is 11.4. The number of likely N-dealkylation sites (tertiary alicyclic amines) is 1. The molecule has 0 radical (unpaired) electrons. The molecule has 1 saturated heterocycles. The first-order valence-electron chi connectivity index (χ1n) is 6.69. The van der Waals surface area contributed by atoms with Crippen molar-refractivity contribution < 1.29 is 14.6 Å². The van der Waals surface area contributed by atoms with Gasteiger partial charge in [0.25, 0.3) is 0 Å². The number of piperidine rings is 1. The van der Waals surface area contributed by atoms with Crippen molar-refractivity contribution in [1.82, 2.24) is 4.90 Å². The Hall–Kier alpha value is -0.910. The van der Waals surface area contributed by atoms with Crippen molar-refractivity contribution >= 4 is 17.3 Å². The second-order valence-electron chi connectivity index (χ2n) is 5.05. The number of esters is 1. The topological polar surface area (TPSA) is 49.8 Å². The van der Waals surface area contributed by atoms with Crippen molar-refractivity contribution in [2.45, 2.75) is 44.8 Å². The molecule has 0 saturated carbocycles. The van der Waals surface area contributed by atoms with Gasteiger partial charge in [-0.3, -0.25) is 4.90 Å². The third-order valence-corrected chi connectivity index (χ3v) is 4.84. The average Bonchev–Trinajstić information content (AvgIpc) is 2.88. The van der Waals surface area contributed by atoms with Gasteiger partial charge >= 0.3 is 5.97 Å². The highest BCUT2D eigenvalue weighted by Crippen LogP contribution is 2.27. The molecule has 2 atom stereocenters. The number of carbonyl (C=O) groups is 1. The van der Waals surface area contributed by atoms with Gasteiger partial charge in [-0.2, -0.15) is 0 Å². The summed E-state index contributed by atoms with van der Waals surface area (Å²) in [5.74, 6) is -0.276. The number of methoxy groups -OCH3 is 1. The summed E-state index contributed by atoms with van der Waals surface area (Å²) in [4.78, 5) is 15.6. The number of aliphatic hydroxyl groups is 1. The lowest BCUT2D eigenvalue weighted by molar-refractivity contribution is 0.0460. The van der Waals surface area contributed by atoms with E-state index in [-0.39, 0.29) is 18.6 Å². The van der Waals surface area contributed by atoms with Gasteiger partial charge in [-0.05, 0) is 31.9 Å². The van der Waals surface area contributed by atoms with Crippen LogP contribution in [0.4, 0.5) is 0 Å². The fourth-order valence-corrected chi connectivity index (χ4v) is 3.61. The predicted octanol–water partition coefficient (Wildman–Crippen LogP) is 2.27. The van der Waals surface area contributed by atoms with Crippen LogP contribution in [0.1, 0.15) is 40.7 Å². The molecule has 0 amide bonds. The summed E-state index contributed by atoms with van der Waals surface area (Å²) in [7, 11) is 1.40. The summed E-state index contributed by atoms with van der Waals surface area (Å²) in [6.07, 6.45) is 3.41. The molecule has 0 spiro atoms. The molecule has 0 aliphatic carbocycles. The van der Waals surface area contributed by atoms with Crippen molar-refractivity contribution in [3.63, 3.8) is 0 Å². The Morgan fingerprint density at radius 3 is 3.00 bits per heavy atom. The van der Waals surface area contributed by atoms with Crippen LogP contribution in [0.25, 0.3) is 0 Å². The van der Waals surface area contributed by atoms with Crippen LogP contribution in [0.2, 0.25) is 0 Å². The standard InChI is InChI=1S/C14H21NO3S/c1-10-4-3-5-11(9-16)15(10)8-12-6-7-13(19-12)14(17)18-2/h6-7,10-11,16H,3-5,8-9H2,1-2H3/t10-,11+/m1/s1. The number of carbonyl (C=O) groups excluding carboxylic acids is 1. The zero-order valence-electron chi connectivity index (χ0n) is 11.5. The van der Waals surface area contributed by atoms with Crippen molar-refractivity contribution in [2.24, 2.45) is 0 Å². The van der Waals surface area contributed by atoms with Gasteiger partial charge in [0.15, 0.2) is 0 Å². The second-order valence-corrected chi connectivity index (χ2v) is 6.21. The lowest BCUT2D eigenvalue weighted by Gasteiger charge is -2.39. The van der Waals surface area contributed by atoms with E-state index in [0.29, 0.717) is 10.9 Å². The van der Waals surface area contributed by atoms with E-state index in [9.17, 15) is 9.90 Å². The first-order valence-corrected chi connectivity index (χ1v) is 7.51. The Bertz CT molecular complexity index is 432. The lowest BCUT2D eigenvalue weighted by atomic mass is 9.97. The van der Waals surface area contributed by atoms with Gasteiger partial charge in [-0.1, -0.05) is 6.42 Å². The van der Waals surface area contributed by atoms with Crippen LogP contribution in [-0.4, -0.2) is 41.8 Å². The third-order valence-electron chi connectivity index (χ3n) is 3.79. The molecule has 106 valence electrons. The van der Waals surface area contributed by atoms with Crippen LogP contribution in [0.3, 0.4) is 0 Å². The molecule has 1 N–H and O–H groups in total. The zero-order chi connectivity index (χ0) is 13.8. The van der Waals surface area contributed by atoms with Gasteiger partial charge in [-0.15, -0.1) is 11.3 Å². The minimum atomic E-state index is -0.276. The highest BCUT2D eigenvalue weighted by Gasteiger charge is 2.27. The Kier molecular flexibility index (Phi) is 4.96. The Balaban J connectivity index is 2.06. The average molecular weight is 283 g/mol. The Morgan fingerprint density at radius 1 is 1.53 bits per heavy atom. The molecule has 4 nitrogen and oxygen atoms in total. The monoisotopic (exact) mass is 283 g/mol. The molecule has 0 bridgehead atoms. The van der Waals surface area contributed by atoms with Crippen LogP contribution in [-0.2, 0) is 11.3 Å². The number of hydrogen-bond donors (Lipinski definition) is 1. The molecule has 2 heterocycles. The van der Waals surface area contributed by atoms with E-state index in [1.807, 2.05) is 12.1 Å². The van der Waals surface area contributed by atoms with Crippen molar-refractivity contribution in [1.29, 1.82) is 0 Å². The Morgan fingerprint density at radius 2 is 2.32 bits per heavy atom.